The van der Waals surface area contributed by atoms with Gasteiger partial charge in [-0.1, -0.05) is 24.3 Å². The van der Waals surface area contributed by atoms with Crippen LogP contribution in [0.1, 0.15) is 36.3 Å². The van der Waals surface area contributed by atoms with Gasteiger partial charge in [0.1, 0.15) is 5.60 Å². The third-order valence-electron chi connectivity index (χ3n) is 6.43. The van der Waals surface area contributed by atoms with Gasteiger partial charge in [0.2, 0.25) is 0 Å². The van der Waals surface area contributed by atoms with Crippen molar-refractivity contribution in [2.45, 2.75) is 31.5 Å². The van der Waals surface area contributed by atoms with Crippen LogP contribution in [-0.2, 0) is 4.79 Å². The highest BCUT2D eigenvalue weighted by Crippen LogP contribution is 2.37. The maximum absolute atomic E-state index is 12.9. The Labute approximate surface area is 186 Å². The highest BCUT2D eigenvalue weighted by atomic mass is 16.3. The summed E-state index contributed by atoms with van der Waals surface area (Å²) in [5, 5.41) is 15.4. The molecule has 8 nitrogen and oxygen atoms in total. The first-order valence-corrected chi connectivity index (χ1v) is 11.0. The van der Waals surface area contributed by atoms with Crippen LogP contribution in [-0.4, -0.2) is 68.3 Å². The monoisotopic (exact) mass is 433 g/mol. The average molecular weight is 434 g/mol. The van der Waals surface area contributed by atoms with Crippen LogP contribution in [0.3, 0.4) is 0 Å². The average Bonchev–Trinajstić information content (AvgIpc) is 3.42. The molecular weight excluding hydrogens is 406 g/mol. The number of fused-ring (bicyclic) bond motifs is 1. The van der Waals surface area contributed by atoms with E-state index in [0.29, 0.717) is 44.6 Å². The summed E-state index contributed by atoms with van der Waals surface area (Å²) in [5.74, 6) is -0.240. The van der Waals surface area contributed by atoms with Gasteiger partial charge in [0.25, 0.3) is 11.8 Å². The van der Waals surface area contributed by atoms with E-state index < -0.39 is 5.60 Å². The largest absolute Gasteiger partial charge is 0.380 e. The second-order valence-electron chi connectivity index (χ2n) is 8.80. The molecular formula is C24H27N5O3. The molecule has 3 N–H and O–H groups in total. The number of nitrogens with zero attached hydrogens (tertiary/aromatic N) is 4. The highest BCUT2D eigenvalue weighted by molar-refractivity contribution is 5.95. The number of piperazine rings is 1. The van der Waals surface area contributed by atoms with Gasteiger partial charge in [-0.2, -0.15) is 5.10 Å². The van der Waals surface area contributed by atoms with Gasteiger partial charge in [0.05, 0.1) is 17.9 Å². The summed E-state index contributed by atoms with van der Waals surface area (Å²) in [6, 6.07) is 13.7. The number of aromatic nitrogens is 2. The van der Waals surface area contributed by atoms with Crippen molar-refractivity contribution < 1.29 is 14.7 Å². The van der Waals surface area contributed by atoms with Gasteiger partial charge in [-0.3, -0.25) is 9.59 Å². The first-order valence-electron chi connectivity index (χ1n) is 11.0. The van der Waals surface area contributed by atoms with Crippen molar-refractivity contribution in [3.63, 3.8) is 0 Å². The Hall–Kier alpha value is -3.23. The summed E-state index contributed by atoms with van der Waals surface area (Å²) in [5.41, 5.74) is 8.50. The molecule has 1 saturated carbocycles. The van der Waals surface area contributed by atoms with E-state index in [-0.39, 0.29) is 18.0 Å². The van der Waals surface area contributed by atoms with Crippen LogP contribution >= 0.6 is 0 Å². The summed E-state index contributed by atoms with van der Waals surface area (Å²) >= 11 is 0. The number of nitrogens with two attached hydrogens (primary N) is 1. The van der Waals surface area contributed by atoms with Crippen molar-refractivity contribution in [1.82, 2.24) is 19.6 Å². The lowest BCUT2D eigenvalue weighted by Gasteiger charge is -2.35. The molecule has 0 spiro atoms. The van der Waals surface area contributed by atoms with E-state index in [0.717, 1.165) is 22.0 Å². The number of aliphatic hydroxyl groups is 1. The van der Waals surface area contributed by atoms with Crippen LogP contribution in [0, 0.1) is 0 Å². The van der Waals surface area contributed by atoms with Gasteiger partial charge >= 0.3 is 0 Å². The molecule has 1 aliphatic heterocycles. The van der Waals surface area contributed by atoms with Gasteiger partial charge in [-0.05, 0) is 49.1 Å². The van der Waals surface area contributed by atoms with E-state index in [1.807, 2.05) is 49.5 Å². The predicted octanol–water partition coefficient (Wildman–Crippen LogP) is 1.99. The fourth-order valence-corrected chi connectivity index (χ4v) is 4.27. The topological polar surface area (TPSA) is 105 Å². The molecule has 2 heterocycles. The zero-order valence-corrected chi connectivity index (χ0v) is 18.1. The molecule has 8 heteroatoms. The van der Waals surface area contributed by atoms with Crippen molar-refractivity contribution in [3.8, 4) is 11.1 Å². The van der Waals surface area contributed by atoms with Crippen molar-refractivity contribution in [2.75, 3.05) is 26.2 Å². The number of amides is 2. The summed E-state index contributed by atoms with van der Waals surface area (Å²) in [6.45, 7) is 3.75. The van der Waals surface area contributed by atoms with Crippen LogP contribution in [0.2, 0.25) is 0 Å². The van der Waals surface area contributed by atoms with Crippen LogP contribution < -0.4 is 5.73 Å². The van der Waals surface area contributed by atoms with Crippen LogP contribution in [0.5, 0.6) is 0 Å². The fourth-order valence-electron chi connectivity index (χ4n) is 4.27. The van der Waals surface area contributed by atoms with Gasteiger partial charge in [-0.25, -0.2) is 4.68 Å². The molecule has 5 rings (SSSR count). The molecule has 0 radical (unpaired) electrons. The normalized spacial score (nSPS) is 18.6. The number of hydrogen-bond acceptors (Lipinski definition) is 5. The minimum absolute atomic E-state index is 0.0423. The van der Waals surface area contributed by atoms with Crippen LogP contribution in [0.25, 0.3) is 22.0 Å². The zero-order chi connectivity index (χ0) is 22.5. The summed E-state index contributed by atoms with van der Waals surface area (Å²) in [7, 11) is 0. The number of carbonyl (C=O) groups excluding carboxylic acids is 2. The summed E-state index contributed by atoms with van der Waals surface area (Å²) in [6.07, 6.45) is 2.67. The third kappa shape index (κ3) is 3.65. The fraction of sp³-hybridized carbons (Fsp3) is 0.375. The van der Waals surface area contributed by atoms with Gasteiger partial charge < -0.3 is 20.6 Å². The zero-order valence-electron chi connectivity index (χ0n) is 18.1. The van der Waals surface area contributed by atoms with E-state index in [2.05, 4.69) is 11.2 Å². The van der Waals surface area contributed by atoms with E-state index in [1.165, 1.54) is 0 Å². The number of hydrogen-bond donors (Lipinski definition) is 2. The maximum Gasteiger partial charge on any atom is 0.254 e. The Kier molecular flexibility index (Phi) is 4.98. The maximum atomic E-state index is 12.9. The van der Waals surface area contributed by atoms with Gasteiger partial charge in [0.15, 0.2) is 0 Å². The van der Waals surface area contributed by atoms with E-state index in [4.69, 9.17) is 5.73 Å². The Balaban J connectivity index is 1.28. The molecule has 3 aromatic rings. The minimum atomic E-state index is -1.15. The molecule has 1 aliphatic carbocycles. The number of carbonyl (C=O) groups is 2. The number of benzene rings is 2. The third-order valence-corrected chi connectivity index (χ3v) is 6.43. The molecule has 1 aromatic heterocycles. The van der Waals surface area contributed by atoms with Crippen molar-refractivity contribution >= 4 is 22.7 Å². The molecule has 1 unspecified atom stereocenters. The molecule has 2 aromatic carbocycles. The SMILES string of the molecule is CC(N)n1ncc2ccc(-c3ccc(C(=O)N4CCN(C(=O)C5(O)CC5)CC4)cc3)cc21. The Bertz CT molecular complexity index is 1170. The first kappa shape index (κ1) is 20.7. The molecule has 0 bridgehead atoms. The lowest BCUT2D eigenvalue weighted by atomic mass is 10.0. The molecule has 1 saturated heterocycles. The number of rotatable bonds is 4. The molecule has 1 atom stereocenters. The summed E-state index contributed by atoms with van der Waals surface area (Å²) < 4.78 is 1.79. The van der Waals surface area contributed by atoms with Crippen molar-refractivity contribution in [1.29, 1.82) is 0 Å². The Morgan fingerprint density at radius 3 is 2.25 bits per heavy atom. The van der Waals surface area contributed by atoms with Gasteiger partial charge in [-0.15, -0.1) is 0 Å². The second kappa shape index (κ2) is 7.72. The molecule has 32 heavy (non-hydrogen) atoms. The standard InChI is InChI=1S/C24H27N5O3/c1-16(25)29-21-14-19(6-7-20(21)15-26-29)17-2-4-18(5-3-17)22(30)27-10-12-28(13-11-27)23(31)24(32)8-9-24/h2-7,14-16,32H,8-13,25H2,1H3. The quantitative estimate of drug-likeness (QED) is 0.655. The lowest BCUT2D eigenvalue weighted by molar-refractivity contribution is -0.143. The van der Waals surface area contributed by atoms with Gasteiger partial charge in [0, 0.05) is 37.1 Å². The van der Waals surface area contributed by atoms with E-state index >= 15 is 0 Å². The van der Waals surface area contributed by atoms with E-state index in [1.54, 1.807) is 14.5 Å². The highest BCUT2D eigenvalue weighted by Gasteiger charge is 2.50. The van der Waals surface area contributed by atoms with E-state index in [9.17, 15) is 14.7 Å². The Morgan fingerprint density at radius 1 is 1.00 bits per heavy atom. The van der Waals surface area contributed by atoms with Crippen LogP contribution in [0.15, 0.2) is 48.7 Å². The smallest absolute Gasteiger partial charge is 0.254 e. The van der Waals surface area contributed by atoms with Crippen molar-refractivity contribution in [3.05, 3.63) is 54.2 Å². The minimum Gasteiger partial charge on any atom is -0.380 e. The lowest BCUT2D eigenvalue weighted by Crippen LogP contribution is -2.53. The first-order chi connectivity index (χ1) is 15.4. The second-order valence-corrected chi connectivity index (χ2v) is 8.80. The van der Waals surface area contributed by atoms with Crippen molar-refractivity contribution in [2.24, 2.45) is 5.73 Å². The molecule has 166 valence electrons. The Morgan fingerprint density at radius 2 is 1.62 bits per heavy atom. The van der Waals surface area contributed by atoms with Crippen LogP contribution in [0.4, 0.5) is 0 Å². The summed E-state index contributed by atoms with van der Waals surface area (Å²) in [4.78, 5) is 28.7. The predicted molar refractivity (Wildman–Crippen MR) is 121 cm³/mol. The molecule has 2 amide bonds. The molecule has 2 aliphatic rings. The molecule has 2 fully saturated rings.